The normalized spacial score (nSPS) is 10.2. The molecule has 0 amide bonds. The molecule has 0 radical (unpaired) electrons. The van der Waals surface area contributed by atoms with Crippen LogP contribution in [-0.4, -0.2) is 12.0 Å². The van der Waals surface area contributed by atoms with Crippen LogP contribution < -0.4 is 10.1 Å². The molecule has 1 aromatic heterocycles. The second-order valence-corrected chi connectivity index (χ2v) is 4.38. The molecule has 0 fully saturated rings. The largest absolute Gasteiger partial charge is 0.487 e. The van der Waals surface area contributed by atoms with Crippen molar-refractivity contribution in [1.29, 1.82) is 0 Å². The van der Waals surface area contributed by atoms with E-state index in [1.807, 2.05) is 50.4 Å². The number of halogens is 1. The summed E-state index contributed by atoms with van der Waals surface area (Å²) in [6, 6.07) is 11.5. The first-order chi connectivity index (χ1) is 8.69. The van der Waals surface area contributed by atoms with Crippen LogP contribution in [0.5, 0.6) is 5.75 Å². The number of rotatable bonds is 4. The molecule has 0 atom stereocenters. The predicted octanol–water partition coefficient (Wildman–Crippen LogP) is 3.66. The summed E-state index contributed by atoms with van der Waals surface area (Å²) in [4.78, 5) is 4.36. The van der Waals surface area contributed by atoms with Gasteiger partial charge in [0.05, 0.1) is 10.7 Å². The van der Waals surface area contributed by atoms with Gasteiger partial charge in [0.1, 0.15) is 18.2 Å². The second kappa shape index (κ2) is 5.74. The number of nitrogens with one attached hydrogen (secondary N) is 1. The number of aryl methyl sites for hydroxylation is 1. The van der Waals surface area contributed by atoms with Gasteiger partial charge in [-0.1, -0.05) is 29.3 Å². The molecule has 2 aromatic rings. The average molecular weight is 263 g/mol. The summed E-state index contributed by atoms with van der Waals surface area (Å²) >= 11 is 6.07. The summed E-state index contributed by atoms with van der Waals surface area (Å²) in [7, 11) is 1.82. The van der Waals surface area contributed by atoms with Crippen molar-refractivity contribution in [2.24, 2.45) is 0 Å². The second-order valence-electron chi connectivity index (χ2n) is 3.98. The topological polar surface area (TPSA) is 34.1 Å². The molecule has 94 valence electrons. The highest BCUT2D eigenvalue weighted by molar-refractivity contribution is 6.31. The summed E-state index contributed by atoms with van der Waals surface area (Å²) in [5, 5.41) is 3.59. The molecule has 0 aliphatic carbocycles. The van der Waals surface area contributed by atoms with Gasteiger partial charge in [0.2, 0.25) is 0 Å². The zero-order valence-electron chi connectivity index (χ0n) is 10.4. The Balaban J connectivity index is 2.07. The van der Waals surface area contributed by atoms with Crippen LogP contribution in [0.1, 0.15) is 11.3 Å². The zero-order valence-corrected chi connectivity index (χ0v) is 11.2. The maximum atomic E-state index is 6.07. The van der Waals surface area contributed by atoms with E-state index in [0.717, 1.165) is 17.3 Å². The molecule has 4 heteroatoms. The molecule has 3 nitrogen and oxygen atoms in total. The minimum atomic E-state index is 0.359. The fourth-order valence-electron chi connectivity index (χ4n) is 1.51. The van der Waals surface area contributed by atoms with E-state index in [9.17, 15) is 0 Å². The Morgan fingerprint density at radius 1 is 1.17 bits per heavy atom. The molecule has 0 spiro atoms. The van der Waals surface area contributed by atoms with Gasteiger partial charge in [-0.15, -0.1) is 0 Å². The van der Waals surface area contributed by atoms with Crippen LogP contribution in [0.25, 0.3) is 0 Å². The highest BCUT2D eigenvalue weighted by atomic mass is 35.5. The molecule has 0 aliphatic heterocycles. The van der Waals surface area contributed by atoms with Crippen LogP contribution in [0, 0.1) is 6.92 Å². The van der Waals surface area contributed by atoms with Crippen molar-refractivity contribution in [2.75, 3.05) is 12.4 Å². The SMILES string of the molecule is CNc1ccc(Cl)c(COc2ccc(C)cc2)n1. The molecule has 0 saturated heterocycles. The van der Waals surface area contributed by atoms with Crippen molar-refractivity contribution in [3.63, 3.8) is 0 Å². The van der Waals surface area contributed by atoms with E-state index in [2.05, 4.69) is 10.3 Å². The fourth-order valence-corrected chi connectivity index (χ4v) is 1.67. The van der Waals surface area contributed by atoms with Gasteiger partial charge in [-0.3, -0.25) is 0 Å². The lowest BCUT2D eigenvalue weighted by Crippen LogP contribution is -2.02. The average Bonchev–Trinajstić information content (AvgIpc) is 2.40. The number of nitrogens with zero attached hydrogens (tertiary/aromatic N) is 1. The first kappa shape index (κ1) is 12.7. The third kappa shape index (κ3) is 3.14. The van der Waals surface area contributed by atoms with Gasteiger partial charge in [0.25, 0.3) is 0 Å². The fraction of sp³-hybridized carbons (Fsp3) is 0.214. The van der Waals surface area contributed by atoms with Crippen molar-refractivity contribution in [3.05, 3.63) is 52.7 Å². The third-order valence-corrected chi connectivity index (χ3v) is 2.92. The zero-order chi connectivity index (χ0) is 13.0. The van der Waals surface area contributed by atoms with E-state index in [1.165, 1.54) is 5.56 Å². The monoisotopic (exact) mass is 262 g/mol. The van der Waals surface area contributed by atoms with Crippen molar-refractivity contribution >= 4 is 17.4 Å². The summed E-state index contributed by atoms with van der Waals surface area (Å²) in [5.74, 6) is 1.59. The highest BCUT2D eigenvalue weighted by Crippen LogP contribution is 2.19. The van der Waals surface area contributed by atoms with Crippen LogP contribution in [0.4, 0.5) is 5.82 Å². The van der Waals surface area contributed by atoms with Crippen molar-refractivity contribution < 1.29 is 4.74 Å². The van der Waals surface area contributed by atoms with Crippen molar-refractivity contribution in [1.82, 2.24) is 4.98 Å². The van der Waals surface area contributed by atoms with Gasteiger partial charge in [-0.2, -0.15) is 0 Å². The Bertz CT molecular complexity index is 526. The molecule has 18 heavy (non-hydrogen) atoms. The lowest BCUT2D eigenvalue weighted by Gasteiger charge is -2.09. The van der Waals surface area contributed by atoms with E-state index in [-0.39, 0.29) is 0 Å². The summed E-state index contributed by atoms with van der Waals surface area (Å²) in [6.45, 7) is 2.40. The third-order valence-electron chi connectivity index (χ3n) is 2.57. The predicted molar refractivity (Wildman–Crippen MR) is 74.3 cm³/mol. The lowest BCUT2D eigenvalue weighted by molar-refractivity contribution is 0.301. The maximum Gasteiger partial charge on any atom is 0.132 e. The summed E-state index contributed by atoms with van der Waals surface area (Å²) in [6.07, 6.45) is 0. The Morgan fingerprint density at radius 3 is 2.56 bits per heavy atom. The summed E-state index contributed by atoms with van der Waals surface area (Å²) < 4.78 is 5.65. The van der Waals surface area contributed by atoms with Gasteiger partial charge >= 0.3 is 0 Å². The number of pyridine rings is 1. The number of ether oxygens (including phenoxy) is 1. The molecule has 2 rings (SSSR count). The number of benzene rings is 1. The highest BCUT2D eigenvalue weighted by Gasteiger charge is 2.04. The van der Waals surface area contributed by atoms with Crippen LogP contribution >= 0.6 is 11.6 Å². The van der Waals surface area contributed by atoms with E-state index in [1.54, 1.807) is 0 Å². The minimum Gasteiger partial charge on any atom is -0.487 e. The van der Waals surface area contributed by atoms with E-state index >= 15 is 0 Å². The van der Waals surface area contributed by atoms with Crippen LogP contribution in [0.15, 0.2) is 36.4 Å². The first-order valence-electron chi connectivity index (χ1n) is 5.71. The molecular formula is C14H15ClN2O. The van der Waals surface area contributed by atoms with E-state index in [0.29, 0.717) is 11.6 Å². The minimum absolute atomic E-state index is 0.359. The Labute approximate surface area is 112 Å². The molecule has 0 saturated carbocycles. The van der Waals surface area contributed by atoms with E-state index < -0.39 is 0 Å². The van der Waals surface area contributed by atoms with Gasteiger partial charge in [0, 0.05) is 7.05 Å². The number of anilines is 1. The van der Waals surface area contributed by atoms with Crippen LogP contribution in [0.3, 0.4) is 0 Å². The summed E-state index contributed by atoms with van der Waals surface area (Å²) in [5.41, 5.74) is 1.93. The number of hydrogen-bond acceptors (Lipinski definition) is 3. The molecule has 1 N–H and O–H groups in total. The standard InChI is InChI=1S/C14H15ClN2O/c1-10-3-5-11(6-4-10)18-9-13-12(15)7-8-14(16-2)17-13/h3-8H,9H2,1-2H3,(H,16,17). The maximum absolute atomic E-state index is 6.07. The van der Waals surface area contributed by atoms with Gasteiger partial charge in [-0.25, -0.2) is 4.98 Å². The van der Waals surface area contributed by atoms with Gasteiger partial charge < -0.3 is 10.1 Å². The first-order valence-corrected chi connectivity index (χ1v) is 6.09. The van der Waals surface area contributed by atoms with Crippen molar-refractivity contribution in [3.8, 4) is 5.75 Å². The molecular weight excluding hydrogens is 248 g/mol. The molecule has 1 aromatic carbocycles. The smallest absolute Gasteiger partial charge is 0.132 e. The molecule has 1 heterocycles. The lowest BCUT2D eigenvalue weighted by atomic mass is 10.2. The van der Waals surface area contributed by atoms with E-state index in [4.69, 9.17) is 16.3 Å². The van der Waals surface area contributed by atoms with Crippen LogP contribution in [0.2, 0.25) is 5.02 Å². The Kier molecular flexibility index (Phi) is 4.05. The molecule has 0 unspecified atom stereocenters. The van der Waals surface area contributed by atoms with Gasteiger partial charge in [0.15, 0.2) is 0 Å². The Morgan fingerprint density at radius 2 is 1.89 bits per heavy atom. The molecule has 0 aliphatic rings. The quantitative estimate of drug-likeness (QED) is 0.913. The van der Waals surface area contributed by atoms with Crippen LogP contribution in [-0.2, 0) is 6.61 Å². The van der Waals surface area contributed by atoms with Crippen molar-refractivity contribution in [2.45, 2.75) is 13.5 Å². The number of aromatic nitrogens is 1. The molecule has 0 bridgehead atoms. The Hall–Kier alpha value is -1.74. The number of hydrogen-bond donors (Lipinski definition) is 1. The van der Waals surface area contributed by atoms with Gasteiger partial charge in [-0.05, 0) is 31.2 Å².